The highest BCUT2D eigenvalue weighted by atomic mass is 16.4. The number of benzene rings is 1. The van der Waals surface area contributed by atoms with Gasteiger partial charge in [0.15, 0.2) is 0 Å². The minimum absolute atomic E-state index is 0.225. The molecule has 0 saturated carbocycles. The summed E-state index contributed by atoms with van der Waals surface area (Å²) in [6.45, 7) is 0.275. The molecule has 0 saturated heterocycles. The Labute approximate surface area is 102 Å². The Morgan fingerprint density at radius 1 is 1.39 bits per heavy atom. The van der Waals surface area contributed by atoms with E-state index in [1.165, 1.54) is 6.08 Å². The van der Waals surface area contributed by atoms with Gasteiger partial charge in [-0.25, -0.2) is 4.79 Å². The van der Waals surface area contributed by atoms with Crippen LogP contribution in [0.1, 0.15) is 22.3 Å². The lowest BCUT2D eigenvalue weighted by Gasteiger charge is -2.04. The fourth-order valence-electron chi connectivity index (χ4n) is 1.29. The second kappa shape index (κ2) is 6.17. The van der Waals surface area contributed by atoms with Crippen LogP contribution in [0.3, 0.4) is 0 Å². The van der Waals surface area contributed by atoms with Crippen molar-refractivity contribution in [3.05, 3.63) is 39.8 Å². The van der Waals surface area contributed by atoms with Crippen LogP contribution in [0.2, 0.25) is 0 Å². The molecule has 0 atom stereocenters. The van der Waals surface area contributed by atoms with Crippen molar-refractivity contribution in [3.63, 3.8) is 0 Å². The molecule has 0 fully saturated rings. The number of nitrogens with zero attached hydrogens (tertiary/aromatic N) is 3. The maximum Gasteiger partial charge on any atom is 0.339 e. The minimum Gasteiger partial charge on any atom is -0.507 e. The topological polar surface area (TPSA) is 127 Å². The molecule has 0 heterocycles. The van der Waals surface area contributed by atoms with E-state index in [1.54, 1.807) is 6.08 Å². The van der Waals surface area contributed by atoms with Crippen LogP contribution in [0.25, 0.3) is 16.5 Å². The lowest BCUT2D eigenvalue weighted by Crippen LogP contribution is -1.97. The van der Waals surface area contributed by atoms with Crippen molar-refractivity contribution in [1.82, 2.24) is 0 Å². The summed E-state index contributed by atoms with van der Waals surface area (Å²) in [6, 6.07) is 2.13. The van der Waals surface area contributed by atoms with Gasteiger partial charge in [0.05, 0.1) is 0 Å². The van der Waals surface area contributed by atoms with Crippen molar-refractivity contribution in [2.45, 2.75) is 6.42 Å². The molecule has 0 unspecified atom stereocenters. The molecule has 1 aromatic carbocycles. The molecule has 7 heteroatoms. The van der Waals surface area contributed by atoms with Gasteiger partial charge in [-0.1, -0.05) is 17.3 Å². The smallest absolute Gasteiger partial charge is 0.339 e. The van der Waals surface area contributed by atoms with Gasteiger partial charge >= 0.3 is 5.97 Å². The van der Waals surface area contributed by atoms with Crippen molar-refractivity contribution < 1.29 is 20.1 Å². The van der Waals surface area contributed by atoms with Crippen LogP contribution in [-0.2, 0) is 0 Å². The molecule has 3 N–H and O–H groups in total. The van der Waals surface area contributed by atoms with E-state index in [1.807, 2.05) is 0 Å². The number of rotatable bonds is 5. The number of hydrogen-bond donors (Lipinski definition) is 3. The molecule has 0 spiro atoms. The Kier molecular flexibility index (Phi) is 4.59. The van der Waals surface area contributed by atoms with E-state index in [0.29, 0.717) is 6.42 Å². The molecule has 94 valence electrons. The Morgan fingerprint density at radius 2 is 2.11 bits per heavy atom. The highest BCUT2D eigenvalue weighted by Gasteiger charge is 2.12. The summed E-state index contributed by atoms with van der Waals surface area (Å²) < 4.78 is 0. The molecule has 1 rings (SSSR count). The Balaban J connectivity index is 2.91. The highest BCUT2D eigenvalue weighted by Crippen LogP contribution is 2.28. The number of carboxylic acid groups (broad SMARTS) is 1. The zero-order valence-corrected chi connectivity index (χ0v) is 9.32. The monoisotopic (exact) mass is 249 g/mol. The minimum atomic E-state index is -1.28. The largest absolute Gasteiger partial charge is 0.507 e. The predicted octanol–water partition coefficient (Wildman–Crippen LogP) is 2.51. The fourth-order valence-corrected chi connectivity index (χ4v) is 1.29. The normalized spacial score (nSPS) is 10.2. The second-order valence-corrected chi connectivity index (χ2v) is 3.38. The molecule has 0 bridgehead atoms. The summed E-state index contributed by atoms with van der Waals surface area (Å²) in [6.07, 6.45) is 3.59. The second-order valence-electron chi connectivity index (χ2n) is 3.38. The number of carboxylic acids is 1. The van der Waals surface area contributed by atoms with E-state index in [9.17, 15) is 15.0 Å². The van der Waals surface area contributed by atoms with Crippen LogP contribution in [-0.4, -0.2) is 27.8 Å². The van der Waals surface area contributed by atoms with Gasteiger partial charge in [0.1, 0.15) is 17.1 Å². The quantitative estimate of drug-likeness (QED) is 0.320. The van der Waals surface area contributed by atoms with E-state index in [-0.39, 0.29) is 23.4 Å². The molecular weight excluding hydrogens is 238 g/mol. The Hall–Kier alpha value is -2.66. The summed E-state index contributed by atoms with van der Waals surface area (Å²) in [7, 11) is 0. The number of aromatic hydroxyl groups is 2. The van der Waals surface area contributed by atoms with Gasteiger partial charge in [0.2, 0.25) is 0 Å². The maximum atomic E-state index is 10.8. The summed E-state index contributed by atoms with van der Waals surface area (Å²) >= 11 is 0. The van der Waals surface area contributed by atoms with Crippen molar-refractivity contribution in [3.8, 4) is 11.5 Å². The standard InChI is InChI=1S/C11H11N3O4/c12-14-13-4-2-1-3-7-5-8(11(17)18)10(16)6-9(7)15/h1,3,5-6,15-16H,2,4H2,(H,17,18). The molecule has 1 aromatic rings. The SMILES string of the molecule is [N-]=[N+]=NCCC=Cc1cc(C(=O)O)c(O)cc1O. The number of carbonyl (C=O) groups is 1. The van der Waals surface area contributed by atoms with E-state index >= 15 is 0 Å². The third kappa shape index (κ3) is 3.43. The summed E-state index contributed by atoms with van der Waals surface area (Å²) in [4.78, 5) is 13.4. The van der Waals surface area contributed by atoms with Gasteiger partial charge in [-0.15, -0.1) is 0 Å². The lowest BCUT2D eigenvalue weighted by molar-refractivity contribution is 0.0693. The van der Waals surface area contributed by atoms with Crippen LogP contribution < -0.4 is 0 Å². The zero-order chi connectivity index (χ0) is 13.5. The first-order valence-corrected chi connectivity index (χ1v) is 5.03. The lowest BCUT2D eigenvalue weighted by atomic mass is 10.1. The van der Waals surface area contributed by atoms with Crippen LogP contribution in [0.5, 0.6) is 11.5 Å². The third-order valence-corrected chi connectivity index (χ3v) is 2.13. The summed E-state index contributed by atoms with van der Waals surface area (Å²) in [5.74, 6) is -2.00. The first-order chi connectivity index (χ1) is 8.56. The van der Waals surface area contributed by atoms with Crippen molar-refractivity contribution in [1.29, 1.82) is 0 Å². The van der Waals surface area contributed by atoms with Crippen molar-refractivity contribution in [2.75, 3.05) is 6.54 Å². The van der Waals surface area contributed by atoms with Crippen LogP contribution in [0.4, 0.5) is 0 Å². The Bertz CT molecular complexity index is 533. The number of phenolic OH excluding ortho intramolecular Hbond substituents is 1. The third-order valence-electron chi connectivity index (χ3n) is 2.13. The average Bonchev–Trinajstić information content (AvgIpc) is 2.30. The molecule has 0 aromatic heterocycles. The first-order valence-electron chi connectivity index (χ1n) is 5.03. The van der Waals surface area contributed by atoms with E-state index < -0.39 is 11.7 Å². The molecule has 0 aliphatic carbocycles. The molecule has 0 aliphatic heterocycles. The van der Waals surface area contributed by atoms with Gasteiger partial charge < -0.3 is 15.3 Å². The van der Waals surface area contributed by atoms with Crippen molar-refractivity contribution >= 4 is 12.0 Å². The Morgan fingerprint density at radius 3 is 2.72 bits per heavy atom. The highest BCUT2D eigenvalue weighted by molar-refractivity contribution is 5.92. The van der Waals surface area contributed by atoms with Crippen LogP contribution in [0.15, 0.2) is 23.3 Å². The molecule has 18 heavy (non-hydrogen) atoms. The average molecular weight is 249 g/mol. The summed E-state index contributed by atoms with van der Waals surface area (Å²) in [5, 5.41) is 30.9. The predicted molar refractivity (Wildman–Crippen MR) is 64.4 cm³/mol. The number of aromatic carboxylic acids is 1. The van der Waals surface area contributed by atoms with Gasteiger partial charge in [0, 0.05) is 23.1 Å². The van der Waals surface area contributed by atoms with Gasteiger partial charge in [-0.3, -0.25) is 0 Å². The number of phenols is 2. The fraction of sp³-hybridized carbons (Fsp3) is 0.182. The van der Waals surface area contributed by atoms with Gasteiger partial charge in [-0.2, -0.15) is 0 Å². The molecule has 0 aliphatic rings. The number of hydrogen-bond acceptors (Lipinski definition) is 4. The molecular formula is C11H11N3O4. The van der Waals surface area contributed by atoms with Gasteiger partial charge in [0.25, 0.3) is 0 Å². The molecule has 0 amide bonds. The van der Waals surface area contributed by atoms with E-state index in [2.05, 4.69) is 10.0 Å². The molecule has 0 radical (unpaired) electrons. The van der Waals surface area contributed by atoms with E-state index in [4.69, 9.17) is 10.6 Å². The number of azide groups is 1. The maximum absolute atomic E-state index is 10.8. The summed E-state index contributed by atoms with van der Waals surface area (Å²) in [5.41, 5.74) is 8.04. The van der Waals surface area contributed by atoms with Gasteiger partial charge in [-0.05, 0) is 18.0 Å². The first kappa shape index (κ1) is 13.4. The molecule has 7 nitrogen and oxygen atoms in total. The zero-order valence-electron chi connectivity index (χ0n) is 9.32. The van der Waals surface area contributed by atoms with Crippen molar-refractivity contribution in [2.24, 2.45) is 5.11 Å². The van der Waals surface area contributed by atoms with E-state index in [0.717, 1.165) is 12.1 Å². The van der Waals surface area contributed by atoms with Crippen LogP contribution in [0, 0.1) is 0 Å². The van der Waals surface area contributed by atoms with Crippen LogP contribution >= 0.6 is 0 Å².